The lowest BCUT2D eigenvalue weighted by Crippen LogP contribution is -2.52. The number of methoxy groups -OCH3 is 1. The zero-order chi connectivity index (χ0) is 14.1. The number of piperidine rings is 1. The smallest absolute Gasteiger partial charge is 0.0769 e. The number of β-amino-alcohol motifs (C(OH)–C–C–N with tert-alkyl or cyclic N) is 1. The molecule has 1 aliphatic rings. The van der Waals surface area contributed by atoms with Gasteiger partial charge in [-0.2, -0.15) is 0 Å². The maximum Gasteiger partial charge on any atom is 0.0769 e. The van der Waals surface area contributed by atoms with E-state index in [4.69, 9.17) is 4.74 Å². The number of likely N-dealkylation sites (tertiary alicyclic amines) is 1. The summed E-state index contributed by atoms with van der Waals surface area (Å²) in [6.07, 6.45) is 5.49. The highest BCUT2D eigenvalue weighted by molar-refractivity contribution is 4.86. The third kappa shape index (κ3) is 5.78. The fourth-order valence-electron chi connectivity index (χ4n) is 2.79. The summed E-state index contributed by atoms with van der Waals surface area (Å²) >= 11 is 0. The number of hydrogen-bond acceptors (Lipinski definition) is 4. The monoisotopic (exact) mass is 272 g/mol. The molecule has 1 heterocycles. The summed E-state index contributed by atoms with van der Waals surface area (Å²) in [7, 11) is 1.73. The molecule has 1 saturated heterocycles. The minimum absolute atomic E-state index is 0.512. The van der Waals surface area contributed by atoms with Crippen molar-refractivity contribution in [3.05, 3.63) is 0 Å². The van der Waals surface area contributed by atoms with Crippen molar-refractivity contribution in [2.24, 2.45) is 0 Å². The van der Waals surface area contributed by atoms with E-state index in [1.165, 1.54) is 19.3 Å². The van der Waals surface area contributed by atoms with Crippen molar-refractivity contribution in [1.82, 2.24) is 10.2 Å². The lowest BCUT2D eigenvalue weighted by atomic mass is 9.93. The first-order valence-corrected chi connectivity index (χ1v) is 7.81. The van der Waals surface area contributed by atoms with Gasteiger partial charge in [0.15, 0.2) is 0 Å². The molecule has 0 radical (unpaired) electrons. The molecule has 114 valence electrons. The average Bonchev–Trinajstić information content (AvgIpc) is 2.45. The average molecular weight is 272 g/mol. The Kier molecular flexibility index (Phi) is 7.91. The van der Waals surface area contributed by atoms with Crippen LogP contribution in [0.25, 0.3) is 0 Å². The summed E-state index contributed by atoms with van der Waals surface area (Å²) < 4.78 is 5.06. The van der Waals surface area contributed by atoms with E-state index in [-0.39, 0.29) is 0 Å². The van der Waals surface area contributed by atoms with E-state index in [9.17, 15) is 5.11 Å². The van der Waals surface area contributed by atoms with E-state index in [1.807, 2.05) is 0 Å². The standard InChI is InChI=1S/C15H32N2O2/c1-4-15(18,5-2)13-17-10-7-6-8-14(17)12-16-9-11-19-3/h14,16,18H,4-13H2,1-3H3. The molecular formula is C15H32N2O2. The number of aliphatic hydroxyl groups is 1. The highest BCUT2D eigenvalue weighted by Crippen LogP contribution is 2.23. The Labute approximate surface area is 118 Å². The second-order valence-corrected chi connectivity index (χ2v) is 5.75. The van der Waals surface area contributed by atoms with E-state index in [0.29, 0.717) is 6.04 Å². The fraction of sp³-hybridized carbons (Fsp3) is 1.00. The maximum absolute atomic E-state index is 10.5. The molecule has 0 bridgehead atoms. The predicted molar refractivity (Wildman–Crippen MR) is 79.5 cm³/mol. The van der Waals surface area contributed by atoms with Gasteiger partial charge in [0.2, 0.25) is 0 Å². The van der Waals surface area contributed by atoms with Gasteiger partial charge in [0, 0.05) is 32.8 Å². The summed E-state index contributed by atoms with van der Waals surface area (Å²) in [6, 6.07) is 0.565. The highest BCUT2D eigenvalue weighted by atomic mass is 16.5. The molecule has 1 unspecified atom stereocenters. The summed E-state index contributed by atoms with van der Waals surface area (Å²) in [4.78, 5) is 2.48. The quantitative estimate of drug-likeness (QED) is 0.626. The fourth-order valence-corrected chi connectivity index (χ4v) is 2.79. The lowest BCUT2D eigenvalue weighted by molar-refractivity contribution is -0.0226. The van der Waals surface area contributed by atoms with Gasteiger partial charge >= 0.3 is 0 Å². The molecule has 0 spiro atoms. The molecule has 4 nitrogen and oxygen atoms in total. The number of ether oxygens (including phenoxy) is 1. The topological polar surface area (TPSA) is 44.7 Å². The molecule has 0 aromatic carbocycles. The molecule has 1 rings (SSSR count). The molecule has 0 aliphatic carbocycles. The Morgan fingerprint density at radius 1 is 1.32 bits per heavy atom. The Morgan fingerprint density at radius 3 is 2.68 bits per heavy atom. The Morgan fingerprint density at radius 2 is 2.05 bits per heavy atom. The molecule has 1 fully saturated rings. The van der Waals surface area contributed by atoms with Crippen molar-refractivity contribution in [3.8, 4) is 0 Å². The third-order valence-corrected chi connectivity index (χ3v) is 4.43. The molecule has 1 aliphatic heterocycles. The Hall–Kier alpha value is -0.160. The van der Waals surface area contributed by atoms with Gasteiger partial charge < -0.3 is 15.2 Å². The van der Waals surface area contributed by atoms with Crippen LogP contribution in [0.3, 0.4) is 0 Å². The van der Waals surface area contributed by atoms with Crippen molar-refractivity contribution in [1.29, 1.82) is 0 Å². The van der Waals surface area contributed by atoms with Gasteiger partial charge in [-0.15, -0.1) is 0 Å². The Bertz CT molecular complexity index is 232. The second kappa shape index (κ2) is 8.90. The molecule has 0 saturated carbocycles. The van der Waals surface area contributed by atoms with Crippen LogP contribution in [0.15, 0.2) is 0 Å². The van der Waals surface area contributed by atoms with Crippen LogP contribution in [-0.4, -0.2) is 61.5 Å². The van der Waals surface area contributed by atoms with Gasteiger partial charge in [0.25, 0.3) is 0 Å². The predicted octanol–water partition coefficient (Wildman–Crippen LogP) is 1.63. The van der Waals surface area contributed by atoms with Gasteiger partial charge in [-0.05, 0) is 32.2 Å². The van der Waals surface area contributed by atoms with Gasteiger partial charge in [0.1, 0.15) is 0 Å². The van der Waals surface area contributed by atoms with E-state index >= 15 is 0 Å². The molecule has 0 aromatic rings. The SMILES string of the molecule is CCC(O)(CC)CN1CCCCC1CNCCOC. The normalized spacial score (nSPS) is 21.8. The van der Waals surface area contributed by atoms with Crippen LogP contribution >= 0.6 is 0 Å². The minimum Gasteiger partial charge on any atom is -0.389 e. The molecular weight excluding hydrogens is 240 g/mol. The van der Waals surface area contributed by atoms with Crippen molar-refractivity contribution < 1.29 is 9.84 Å². The van der Waals surface area contributed by atoms with Crippen LogP contribution in [0.1, 0.15) is 46.0 Å². The van der Waals surface area contributed by atoms with E-state index in [2.05, 4.69) is 24.1 Å². The largest absolute Gasteiger partial charge is 0.389 e. The maximum atomic E-state index is 10.5. The summed E-state index contributed by atoms with van der Waals surface area (Å²) in [6.45, 7) is 8.79. The van der Waals surface area contributed by atoms with Crippen molar-refractivity contribution >= 4 is 0 Å². The van der Waals surface area contributed by atoms with Gasteiger partial charge in [0.05, 0.1) is 12.2 Å². The number of rotatable bonds is 9. The van der Waals surface area contributed by atoms with Crippen LogP contribution < -0.4 is 5.32 Å². The van der Waals surface area contributed by atoms with E-state index in [0.717, 1.165) is 45.6 Å². The zero-order valence-corrected chi connectivity index (χ0v) is 13.0. The molecule has 0 aromatic heterocycles. The third-order valence-electron chi connectivity index (χ3n) is 4.43. The molecule has 1 atom stereocenters. The molecule has 0 amide bonds. The number of nitrogens with one attached hydrogen (secondary N) is 1. The Balaban J connectivity index is 2.43. The van der Waals surface area contributed by atoms with Crippen LogP contribution in [0, 0.1) is 0 Å². The number of hydrogen-bond donors (Lipinski definition) is 2. The number of nitrogens with zero attached hydrogens (tertiary/aromatic N) is 1. The summed E-state index contributed by atoms with van der Waals surface area (Å²) in [5.74, 6) is 0. The first kappa shape index (κ1) is 16.9. The lowest BCUT2D eigenvalue weighted by Gasteiger charge is -2.40. The van der Waals surface area contributed by atoms with Crippen LogP contribution in [-0.2, 0) is 4.74 Å². The highest BCUT2D eigenvalue weighted by Gasteiger charge is 2.30. The zero-order valence-electron chi connectivity index (χ0n) is 13.0. The first-order valence-electron chi connectivity index (χ1n) is 7.81. The van der Waals surface area contributed by atoms with Crippen LogP contribution in [0.4, 0.5) is 0 Å². The van der Waals surface area contributed by atoms with Gasteiger partial charge in [-0.3, -0.25) is 4.90 Å². The van der Waals surface area contributed by atoms with Crippen LogP contribution in [0.2, 0.25) is 0 Å². The van der Waals surface area contributed by atoms with Gasteiger partial charge in [-0.25, -0.2) is 0 Å². The van der Waals surface area contributed by atoms with Crippen LogP contribution in [0.5, 0.6) is 0 Å². The van der Waals surface area contributed by atoms with E-state index in [1.54, 1.807) is 7.11 Å². The van der Waals surface area contributed by atoms with E-state index < -0.39 is 5.60 Å². The first-order chi connectivity index (χ1) is 9.15. The molecule has 2 N–H and O–H groups in total. The molecule has 19 heavy (non-hydrogen) atoms. The van der Waals surface area contributed by atoms with Crippen molar-refractivity contribution in [3.63, 3.8) is 0 Å². The minimum atomic E-state index is -0.512. The second-order valence-electron chi connectivity index (χ2n) is 5.75. The van der Waals surface area contributed by atoms with Crippen molar-refractivity contribution in [2.45, 2.75) is 57.6 Å². The van der Waals surface area contributed by atoms with Gasteiger partial charge in [-0.1, -0.05) is 20.3 Å². The summed E-state index contributed by atoms with van der Waals surface area (Å²) in [5.41, 5.74) is -0.512. The summed E-state index contributed by atoms with van der Waals surface area (Å²) in [5, 5.41) is 14.0. The van der Waals surface area contributed by atoms with Crippen molar-refractivity contribution in [2.75, 3.05) is 39.9 Å². The molecule has 4 heteroatoms.